The van der Waals surface area contributed by atoms with E-state index < -0.39 is 0 Å². The molecule has 1 unspecified atom stereocenters. The Hall–Kier alpha value is -1.65. The number of amides is 1. The smallest absolute Gasteiger partial charge is 0.275 e. The number of nitrogens with zero attached hydrogens (tertiary/aromatic N) is 1. The second-order valence-corrected chi connectivity index (χ2v) is 7.10. The van der Waals surface area contributed by atoms with Gasteiger partial charge in [0.25, 0.3) is 5.91 Å². The molecule has 4 nitrogen and oxygen atoms in total. The molecule has 0 bridgehead atoms. The van der Waals surface area contributed by atoms with Crippen molar-refractivity contribution in [3.8, 4) is 0 Å². The zero-order chi connectivity index (χ0) is 16.3. The Morgan fingerprint density at radius 3 is 2.68 bits per heavy atom. The molecule has 5 heteroatoms. The van der Waals surface area contributed by atoms with Crippen LogP contribution in [0.2, 0.25) is 5.15 Å². The number of benzene rings is 1. The lowest BCUT2D eigenvalue weighted by atomic mass is 10.1. The average molecular weight is 321 g/mol. The van der Waals surface area contributed by atoms with E-state index in [1.54, 1.807) is 0 Å². The SMILES string of the molecule is C[NH+](CC(=O)NC(C)(C)C)Cc1cc2ccccc2nc1Cl. The summed E-state index contributed by atoms with van der Waals surface area (Å²) in [6.07, 6.45) is 0. The Bertz CT molecular complexity index is 679. The Morgan fingerprint density at radius 2 is 2.00 bits per heavy atom. The Balaban J connectivity index is 2.07. The summed E-state index contributed by atoms with van der Waals surface area (Å²) < 4.78 is 0. The minimum absolute atomic E-state index is 0.0369. The second-order valence-electron chi connectivity index (χ2n) is 6.74. The highest BCUT2D eigenvalue weighted by Crippen LogP contribution is 2.19. The van der Waals surface area contributed by atoms with Gasteiger partial charge in [-0.3, -0.25) is 4.79 Å². The quantitative estimate of drug-likeness (QED) is 0.844. The number of carbonyl (C=O) groups is 1. The van der Waals surface area contributed by atoms with Gasteiger partial charge < -0.3 is 10.2 Å². The van der Waals surface area contributed by atoms with Gasteiger partial charge in [-0.25, -0.2) is 4.98 Å². The minimum Gasteiger partial charge on any atom is -0.347 e. The number of fused-ring (bicyclic) bond motifs is 1. The minimum atomic E-state index is -0.209. The lowest BCUT2D eigenvalue weighted by molar-refractivity contribution is -0.885. The van der Waals surface area contributed by atoms with Crippen molar-refractivity contribution in [3.05, 3.63) is 41.0 Å². The molecular weight excluding hydrogens is 298 g/mol. The summed E-state index contributed by atoms with van der Waals surface area (Å²) in [6.45, 7) is 6.99. The van der Waals surface area contributed by atoms with Gasteiger partial charge in [-0.05, 0) is 32.9 Å². The average Bonchev–Trinajstić information content (AvgIpc) is 2.37. The molecule has 0 radical (unpaired) electrons. The number of para-hydroxylation sites is 1. The fraction of sp³-hybridized carbons (Fsp3) is 0.412. The first-order chi connectivity index (χ1) is 10.2. The molecule has 1 aromatic heterocycles. The topological polar surface area (TPSA) is 46.4 Å². The molecule has 2 N–H and O–H groups in total. The van der Waals surface area contributed by atoms with Gasteiger partial charge in [0.05, 0.1) is 12.6 Å². The summed E-state index contributed by atoms with van der Waals surface area (Å²) in [5.74, 6) is 0.0369. The molecule has 1 aromatic carbocycles. The van der Waals surface area contributed by atoms with E-state index in [0.29, 0.717) is 18.2 Å². The van der Waals surface area contributed by atoms with Gasteiger partial charge in [0.1, 0.15) is 11.7 Å². The van der Waals surface area contributed by atoms with Crippen LogP contribution in [0.1, 0.15) is 26.3 Å². The number of nitrogens with one attached hydrogen (secondary N) is 2. The normalized spacial score (nSPS) is 13.1. The van der Waals surface area contributed by atoms with Crippen molar-refractivity contribution < 1.29 is 9.69 Å². The third-order valence-electron chi connectivity index (χ3n) is 3.22. The largest absolute Gasteiger partial charge is 0.347 e. The van der Waals surface area contributed by atoms with Crippen LogP contribution in [0.4, 0.5) is 0 Å². The first-order valence-electron chi connectivity index (χ1n) is 7.41. The monoisotopic (exact) mass is 320 g/mol. The number of quaternary nitrogens is 1. The van der Waals surface area contributed by atoms with Crippen molar-refractivity contribution in [2.45, 2.75) is 32.9 Å². The summed E-state index contributed by atoms with van der Waals surface area (Å²) in [6, 6.07) is 9.94. The van der Waals surface area contributed by atoms with Crippen LogP contribution in [0.3, 0.4) is 0 Å². The lowest BCUT2D eigenvalue weighted by Gasteiger charge is -2.22. The molecule has 0 saturated carbocycles. The van der Waals surface area contributed by atoms with E-state index in [-0.39, 0.29) is 11.4 Å². The maximum Gasteiger partial charge on any atom is 0.275 e. The fourth-order valence-corrected chi connectivity index (χ4v) is 2.60. The molecule has 0 spiro atoms. The fourth-order valence-electron chi connectivity index (χ4n) is 2.38. The zero-order valence-electron chi connectivity index (χ0n) is 13.5. The molecule has 1 heterocycles. The molecule has 0 aliphatic carbocycles. The predicted molar refractivity (Wildman–Crippen MR) is 90.1 cm³/mol. The van der Waals surface area contributed by atoms with Crippen molar-refractivity contribution >= 4 is 28.4 Å². The maximum absolute atomic E-state index is 12.0. The van der Waals surface area contributed by atoms with Crippen molar-refractivity contribution in [1.29, 1.82) is 0 Å². The van der Waals surface area contributed by atoms with E-state index >= 15 is 0 Å². The number of halogens is 1. The van der Waals surface area contributed by atoms with Crippen LogP contribution in [0.5, 0.6) is 0 Å². The number of hydrogen-bond donors (Lipinski definition) is 2. The van der Waals surface area contributed by atoms with Crippen molar-refractivity contribution in [1.82, 2.24) is 10.3 Å². The van der Waals surface area contributed by atoms with E-state index in [2.05, 4.69) is 16.4 Å². The van der Waals surface area contributed by atoms with Gasteiger partial charge in [-0.1, -0.05) is 29.8 Å². The number of pyridine rings is 1. The molecule has 118 valence electrons. The molecule has 1 atom stereocenters. The number of aromatic nitrogens is 1. The van der Waals surface area contributed by atoms with Crippen LogP contribution in [0.15, 0.2) is 30.3 Å². The summed E-state index contributed by atoms with van der Waals surface area (Å²) in [5, 5.41) is 4.54. The number of likely N-dealkylation sites (N-methyl/N-ethyl adjacent to an activating group) is 1. The summed E-state index contributed by atoms with van der Waals surface area (Å²) in [5.41, 5.74) is 1.64. The standard InChI is InChI=1S/C17H22ClN3O/c1-17(2,3)20-15(22)11-21(4)10-13-9-12-7-5-6-8-14(12)19-16(13)18/h5-9H,10-11H2,1-4H3,(H,20,22)/p+1. The van der Waals surface area contributed by atoms with Crippen LogP contribution < -0.4 is 10.2 Å². The highest BCUT2D eigenvalue weighted by atomic mass is 35.5. The van der Waals surface area contributed by atoms with Crippen molar-refractivity contribution in [2.75, 3.05) is 13.6 Å². The second kappa shape index (κ2) is 6.63. The molecule has 2 rings (SSSR count). The van der Waals surface area contributed by atoms with E-state index in [0.717, 1.165) is 21.4 Å². The molecule has 0 aliphatic rings. The van der Waals surface area contributed by atoms with Gasteiger partial charge in [-0.15, -0.1) is 0 Å². The highest BCUT2D eigenvalue weighted by molar-refractivity contribution is 6.30. The first-order valence-corrected chi connectivity index (χ1v) is 7.79. The maximum atomic E-state index is 12.0. The Labute approximate surface area is 136 Å². The van der Waals surface area contributed by atoms with Crippen molar-refractivity contribution in [2.24, 2.45) is 0 Å². The van der Waals surface area contributed by atoms with Crippen LogP contribution in [-0.4, -0.2) is 30.0 Å². The van der Waals surface area contributed by atoms with Gasteiger partial charge in [-0.2, -0.15) is 0 Å². The van der Waals surface area contributed by atoms with Crippen LogP contribution >= 0.6 is 11.6 Å². The Morgan fingerprint density at radius 1 is 1.32 bits per heavy atom. The predicted octanol–water partition coefficient (Wildman–Crippen LogP) is 1.82. The van der Waals surface area contributed by atoms with E-state index in [1.165, 1.54) is 0 Å². The van der Waals surface area contributed by atoms with E-state index in [9.17, 15) is 4.79 Å². The van der Waals surface area contributed by atoms with Gasteiger partial charge in [0.15, 0.2) is 6.54 Å². The van der Waals surface area contributed by atoms with E-state index in [4.69, 9.17) is 11.6 Å². The molecule has 0 saturated heterocycles. The first kappa shape index (κ1) is 16.7. The van der Waals surface area contributed by atoms with Gasteiger partial charge >= 0.3 is 0 Å². The molecule has 1 amide bonds. The summed E-state index contributed by atoms with van der Waals surface area (Å²) in [4.78, 5) is 17.5. The summed E-state index contributed by atoms with van der Waals surface area (Å²) in [7, 11) is 1.98. The molecule has 0 aliphatic heterocycles. The molecule has 0 fully saturated rings. The Kier molecular flexibility index (Phi) is 5.04. The molecular formula is C17H23ClN3O+. The van der Waals surface area contributed by atoms with E-state index in [1.807, 2.05) is 52.1 Å². The zero-order valence-corrected chi connectivity index (χ0v) is 14.3. The summed E-state index contributed by atoms with van der Waals surface area (Å²) >= 11 is 6.27. The number of carbonyl (C=O) groups excluding carboxylic acids is 1. The third kappa shape index (κ3) is 4.68. The van der Waals surface area contributed by atoms with Gasteiger partial charge in [0, 0.05) is 16.5 Å². The van der Waals surface area contributed by atoms with Crippen molar-refractivity contribution in [3.63, 3.8) is 0 Å². The third-order valence-corrected chi connectivity index (χ3v) is 3.55. The number of rotatable bonds is 4. The van der Waals surface area contributed by atoms with Gasteiger partial charge in [0.2, 0.25) is 0 Å². The van der Waals surface area contributed by atoms with Crippen LogP contribution in [0.25, 0.3) is 10.9 Å². The highest BCUT2D eigenvalue weighted by Gasteiger charge is 2.18. The molecule has 2 aromatic rings. The van der Waals surface area contributed by atoms with Crippen LogP contribution in [-0.2, 0) is 11.3 Å². The van der Waals surface area contributed by atoms with Crippen LogP contribution in [0, 0.1) is 0 Å². The molecule has 22 heavy (non-hydrogen) atoms. The number of hydrogen-bond acceptors (Lipinski definition) is 2. The lowest BCUT2D eigenvalue weighted by Crippen LogP contribution is -3.09.